The minimum Gasteiger partial charge on any atom is -0.393 e. The summed E-state index contributed by atoms with van der Waals surface area (Å²) in [5.74, 6) is 0.176. The monoisotopic (exact) mass is 391 g/mol. The van der Waals surface area contributed by atoms with Crippen LogP contribution < -0.4 is 10.6 Å². The highest BCUT2D eigenvalue weighted by Gasteiger charge is 2.29. The number of hydrogen-bond donors (Lipinski definition) is 4. The first-order valence-corrected chi connectivity index (χ1v) is 10.0. The van der Waals surface area contributed by atoms with Crippen LogP contribution in [-0.2, 0) is 0 Å². The van der Waals surface area contributed by atoms with Gasteiger partial charge in [0.1, 0.15) is 0 Å². The summed E-state index contributed by atoms with van der Waals surface area (Å²) in [5, 5.41) is 26.3. The number of benzene rings is 1. The Kier molecular flexibility index (Phi) is 5.12. The molecule has 4 rings (SSSR count). The van der Waals surface area contributed by atoms with Crippen LogP contribution in [0.15, 0.2) is 24.4 Å². The zero-order valence-corrected chi connectivity index (χ0v) is 16.6. The number of amides is 1. The summed E-state index contributed by atoms with van der Waals surface area (Å²) in [6, 6.07) is 7.68. The second kappa shape index (κ2) is 7.72. The molecule has 0 spiro atoms. The maximum atomic E-state index is 12.8. The Bertz CT molecular complexity index is 1110. The molecular formula is C22H25N5O2. The molecule has 0 bridgehead atoms. The summed E-state index contributed by atoms with van der Waals surface area (Å²) in [6.45, 7) is 4.45. The van der Waals surface area contributed by atoms with Crippen molar-refractivity contribution in [3.8, 4) is 6.07 Å². The summed E-state index contributed by atoms with van der Waals surface area (Å²) < 4.78 is 0. The number of carbonyl (C=O) groups excluding carboxylic acids is 1. The fourth-order valence-electron chi connectivity index (χ4n) is 3.65. The van der Waals surface area contributed by atoms with Gasteiger partial charge in [0.05, 0.1) is 40.0 Å². The predicted molar refractivity (Wildman–Crippen MR) is 113 cm³/mol. The van der Waals surface area contributed by atoms with Crippen LogP contribution in [0.1, 0.15) is 49.0 Å². The maximum Gasteiger partial charge on any atom is 0.255 e. The lowest BCUT2D eigenvalue weighted by Gasteiger charge is -2.16. The van der Waals surface area contributed by atoms with E-state index in [2.05, 4.69) is 26.7 Å². The van der Waals surface area contributed by atoms with E-state index >= 15 is 0 Å². The van der Waals surface area contributed by atoms with Crippen molar-refractivity contribution in [3.63, 3.8) is 0 Å². The number of aliphatic hydroxyl groups is 1. The number of aromatic nitrogens is 2. The van der Waals surface area contributed by atoms with Crippen LogP contribution in [0.4, 0.5) is 5.69 Å². The molecule has 150 valence electrons. The van der Waals surface area contributed by atoms with Gasteiger partial charge in [0.25, 0.3) is 5.91 Å². The van der Waals surface area contributed by atoms with Crippen molar-refractivity contribution < 1.29 is 9.90 Å². The normalized spacial score (nSPS) is 14.9. The molecule has 0 aliphatic heterocycles. The van der Waals surface area contributed by atoms with E-state index in [-0.39, 0.29) is 18.1 Å². The molecule has 2 heterocycles. The Balaban J connectivity index is 1.67. The average molecular weight is 391 g/mol. The number of nitrogens with one attached hydrogen (secondary N) is 3. The second-order valence-electron chi connectivity index (χ2n) is 8.02. The van der Waals surface area contributed by atoms with Crippen molar-refractivity contribution in [2.75, 3.05) is 11.9 Å². The minimum absolute atomic E-state index is 0.116. The Labute approximate surface area is 169 Å². The van der Waals surface area contributed by atoms with E-state index in [1.54, 1.807) is 18.3 Å². The average Bonchev–Trinajstić information content (AvgIpc) is 3.48. The third-order valence-corrected chi connectivity index (χ3v) is 5.31. The number of fused-ring (bicyclic) bond motifs is 3. The number of aliphatic hydroxyl groups excluding tert-OH is 1. The SMILES string of the molecule is CC(C)Nc1c(C(=O)NCC[C@H](O)C2CC2)cnc2c1[nH]c1cc(C#N)ccc12. The molecule has 3 aromatic rings. The summed E-state index contributed by atoms with van der Waals surface area (Å²) >= 11 is 0. The largest absolute Gasteiger partial charge is 0.393 e. The van der Waals surface area contributed by atoms with Crippen LogP contribution in [0, 0.1) is 17.2 Å². The van der Waals surface area contributed by atoms with Crippen molar-refractivity contribution in [1.82, 2.24) is 15.3 Å². The van der Waals surface area contributed by atoms with Crippen LogP contribution in [0.3, 0.4) is 0 Å². The summed E-state index contributed by atoms with van der Waals surface area (Å²) in [5.41, 5.74) is 4.03. The maximum absolute atomic E-state index is 12.8. The molecule has 1 aliphatic rings. The molecule has 1 saturated carbocycles. The number of rotatable bonds is 7. The third kappa shape index (κ3) is 3.89. The topological polar surface area (TPSA) is 114 Å². The van der Waals surface area contributed by atoms with Gasteiger partial charge >= 0.3 is 0 Å². The van der Waals surface area contributed by atoms with Gasteiger partial charge in [0.15, 0.2) is 0 Å². The van der Waals surface area contributed by atoms with E-state index in [1.807, 2.05) is 19.9 Å². The quantitative estimate of drug-likeness (QED) is 0.493. The molecule has 7 heteroatoms. The molecule has 0 unspecified atom stereocenters. The molecule has 0 radical (unpaired) electrons. The first kappa shape index (κ1) is 19.2. The van der Waals surface area contributed by atoms with E-state index < -0.39 is 0 Å². The first-order chi connectivity index (χ1) is 14.0. The van der Waals surface area contributed by atoms with Crippen molar-refractivity contribution in [2.45, 2.75) is 45.3 Å². The lowest BCUT2D eigenvalue weighted by atomic mass is 10.1. The Morgan fingerprint density at radius 3 is 2.90 bits per heavy atom. The number of pyridine rings is 1. The van der Waals surface area contributed by atoms with Crippen LogP contribution in [-0.4, -0.2) is 39.7 Å². The second-order valence-corrected chi connectivity index (χ2v) is 8.02. The van der Waals surface area contributed by atoms with E-state index in [9.17, 15) is 9.90 Å². The zero-order valence-electron chi connectivity index (χ0n) is 16.6. The lowest BCUT2D eigenvalue weighted by molar-refractivity contribution is 0.0937. The summed E-state index contributed by atoms with van der Waals surface area (Å²) in [4.78, 5) is 20.7. The van der Waals surface area contributed by atoms with E-state index in [1.165, 1.54) is 0 Å². The number of carbonyl (C=O) groups is 1. The van der Waals surface area contributed by atoms with Crippen molar-refractivity contribution in [2.24, 2.45) is 5.92 Å². The van der Waals surface area contributed by atoms with Gasteiger partial charge in [-0.1, -0.05) is 0 Å². The molecule has 0 saturated heterocycles. The number of aromatic amines is 1. The molecule has 1 aromatic carbocycles. The number of nitrogens with zero attached hydrogens (tertiary/aromatic N) is 2. The Morgan fingerprint density at radius 2 is 2.21 bits per heavy atom. The highest BCUT2D eigenvalue weighted by molar-refractivity contribution is 6.13. The molecule has 2 aromatic heterocycles. The van der Waals surface area contributed by atoms with E-state index in [4.69, 9.17) is 5.26 Å². The fourth-order valence-corrected chi connectivity index (χ4v) is 3.65. The molecule has 1 atom stereocenters. The van der Waals surface area contributed by atoms with Gasteiger partial charge in [-0.25, -0.2) is 0 Å². The smallest absolute Gasteiger partial charge is 0.255 e. The van der Waals surface area contributed by atoms with Crippen molar-refractivity contribution >= 4 is 33.5 Å². The molecule has 29 heavy (non-hydrogen) atoms. The highest BCUT2D eigenvalue weighted by atomic mass is 16.3. The summed E-state index contributed by atoms with van der Waals surface area (Å²) in [6.07, 6.45) is 3.96. The van der Waals surface area contributed by atoms with Crippen molar-refractivity contribution in [1.29, 1.82) is 5.26 Å². The van der Waals surface area contributed by atoms with Gasteiger partial charge in [0, 0.05) is 29.7 Å². The van der Waals surface area contributed by atoms with Crippen LogP contribution in [0.2, 0.25) is 0 Å². The molecule has 1 amide bonds. The molecule has 7 nitrogen and oxygen atoms in total. The fraction of sp³-hybridized carbons (Fsp3) is 0.409. The first-order valence-electron chi connectivity index (χ1n) is 10.0. The number of hydrogen-bond acceptors (Lipinski definition) is 5. The molecule has 4 N–H and O–H groups in total. The van der Waals surface area contributed by atoms with Gasteiger partial charge in [-0.05, 0) is 57.2 Å². The number of H-pyrrole nitrogens is 1. The van der Waals surface area contributed by atoms with Gasteiger partial charge in [-0.2, -0.15) is 5.26 Å². The van der Waals surface area contributed by atoms with Gasteiger partial charge in [0.2, 0.25) is 0 Å². The van der Waals surface area contributed by atoms with Crippen LogP contribution in [0.25, 0.3) is 21.9 Å². The number of nitriles is 1. The standard InChI is InChI=1S/C22H25N5O2/c1-12(2)26-20-16(22(29)24-8-7-18(28)14-4-5-14)11-25-19-15-6-3-13(10-23)9-17(15)27-21(19)20/h3,6,9,11-12,14,18,27-28H,4-5,7-8H2,1-2H3,(H,24,29)(H,25,26)/t18-/m0/s1. The van der Waals surface area contributed by atoms with Crippen LogP contribution >= 0.6 is 0 Å². The summed E-state index contributed by atoms with van der Waals surface area (Å²) in [7, 11) is 0. The molecule has 1 aliphatic carbocycles. The predicted octanol–water partition coefficient (Wildman–Crippen LogP) is 3.30. The Hall–Kier alpha value is -3.11. The van der Waals surface area contributed by atoms with E-state index in [0.29, 0.717) is 35.7 Å². The van der Waals surface area contributed by atoms with Gasteiger partial charge in [-0.15, -0.1) is 0 Å². The minimum atomic E-state index is -0.341. The van der Waals surface area contributed by atoms with Gasteiger partial charge < -0.3 is 20.7 Å². The van der Waals surface area contributed by atoms with E-state index in [0.717, 1.165) is 34.8 Å². The Morgan fingerprint density at radius 1 is 1.41 bits per heavy atom. The molecular weight excluding hydrogens is 366 g/mol. The lowest BCUT2D eigenvalue weighted by Crippen LogP contribution is -2.29. The van der Waals surface area contributed by atoms with Crippen molar-refractivity contribution in [3.05, 3.63) is 35.5 Å². The third-order valence-electron chi connectivity index (χ3n) is 5.31. The molecule has 1 fully saturated rings. The zero-order chi connectivity index (χ0) is 20.5. The number of anilines is 1. The van der Waals surface area contributed by atoms with Gasteiger partial charge in [-0.3, -0.25) is 9.78 Å². The highest BCUT2D eigenvalue weighted by Crippen LogP contribution is 2.34. The van der Waals surface area contributed by atoms with Crippen LogP contribution in [0.5, 0.6) is 0 Å².